The van der Waals surface area contributed by atoms with Crippen LogP contribution in [0.3, 0.4) is 0 Å². The van der Waals surface area contributed by atoms with E-state index in [0.717, 1.165) is 0 Å². The van der Waals surface area contributed by atoms with E-state index in [1.165, 1.54) is 0 Å². The summed E-state index contributed by atoms with van der Waals surface area (Å²) in [7, 11) is 1.55. The van der Waals surface area contributed by atoms with Gasteiger partial charge in [-0.05, 0) is 56.7 Å². The van der Waals surface area contributed by atoms with Crippen molar-refractivity contribution in [2.45, 2.75) is 53.0 Å². The number of rotatable bonds is 9. The number of likely N-dealkylation sites (tertiary alicyclic amines) is 1. The zero-order valence-corrected chi connectivity index (χ0v) is 19.5. The number of carbonyl (C=O) groups excluding carboxylic acids is 3. The fraction of sp³-hybridized carbons (Fsp3) is 0.625. The zero-order chi connectivity index (χ0) is 23.0. The van der Waals surface area contributed by atoms with Crippen LogP contribution in [0.25, 0.3) is 0 Å². The van der Waals surface area contributed by atoms with Gasteiger partial charge in [-0.25, -0.2) is 0 Å². The molecule has 0 aliphatic carbocycles. The summed E-state index contributed by atoms with van der Waals surface area (Å²) in [5, 5.41) is 2.99. The van der Waals surface area contributed by atoms with Crippen LogP contribution in [0.5, 0.6) is 5.75 Å². The molecule has 7 nitrogen and oxygen atoms in total. The van der Waals surface area contributed by atoms with Crippen LogP contribution in [0.2, 0.25) is 0 Å². The number of methoxy groups -OCH3 is 1. The standard InChI is InChI=1S/C24H37N3O4/c1-6-26(7-2)24(30)22(25-23(29)19-9-8-10-20(16-19)31-5)18-11-13-27(14-12-18)21(28)15-17(3)4/h8-10,16-18,22H,6-7,11-15H2,1-5H3,(H,25,29)/t22-/m0/s1. The molecule has 31 heavy (non-hydrogen) atoms. The zero-order valence-electron chi connectivity index (χ0n) is 19.5. The summed E-state index contributed by atoms with van der Waals surface area (Å²) < 4.78 is 5.22. The molecule has 1 aliphatic heterocycles. The van der Waals surface area contributed by atoms with Crippen LogP contribution < -0.4 is 10.1 Å². The number of benzene rings is 1. The molecule has 1 aromatic carbocycles. The summed E-state index contributed by atoms with van der Waals surface area (Å²) in [5.41, 5.74) is 0.459. The fourth-order valence-corrected chi connectivity index (χ4v) is 4.06. The van der Waals surface area contributed by atoms with E-state index < -0.39 is 6.04 Å². The maximum Gasteiger partial charge on any atom is 0.252 e. The quantitative estimate of drug-likeness (QED) is 0.652. The first-order valence-corrected chi connectivity index (χ1v) is 11.3. The molecule has 0 aromatic heterocycles. The van der Waals surface area contributed by atoms with E-state index in [0.29, 0.717) is 62.7 Å². The second kappa shape index (κ2) is 11.7. The van der Waals surface area contributed by atoms with E-state index in [1.54, 1.807) is 36.3 Å². The molecule has 7 heteroatoms. The van der Waals surface area contributed by atoms with Gasteiger partial charge in [-0.1, -0.05) is 19.9 Å². The molecule has 0 bridgehead atoms. The topological polar surface area (TPSA) is 79.0 Å². The third-order valence-electron chi connectivity index (χ3n) is 5.91. The Morgan fingerprint density at radius 3 is 2.35 bits per heavy atom. The molecule has 1 heterocycles. The molecular weight excluding hydrogens is 394 g/mol. The lowest BCUT2D eigenvalue weighted by atomic mass is 9.87. The van der Waals surface area contributed by atoms with Crippen molar-refractivity contribution in [3.8, 4) is 5.75 Å². The monoisotopic (exact) mass is 431 g/mol. The van der Waals surface area contributed by atoms with Crippen molar-refractivity contribution in [2.24, 2.45) is 11.8 Å². The summed E-state index contributed by atoms with van der Waals surface area (Å²) in [4.78, 5) is 42.3. The highest BCUT2D eigenvalue weighted by Crippen LogP contribution is 2.24. The Hall–Kier alpha value is -2.57. The van der Waals surface area contributed by atoms with E-state index in [4.69, 9.17) is 4.74 Å². The maximum atomic E-state index is 13.3. The van der Waals surface area contributed by atoms with Gasteiger partial charge in [0.15, 0.2) is 0 Å². The van der Waals surface area contributed by atoms with Gasteiger partial charge in [0.25, 0.3) is 5.91 Å². The third-order valence-corrected chi connectivity index (χ3v) is 5.91. The molecule has 1 aliphatic rings. The van der Waals surface area contributed by atoms with Gasteiger partial charge in [0.2, 0.25) is 11.8 Å². The van der Waals surface area contributed by atoms with Gasteiger partial charge >= 0.3 is 0 Å². The molecule has 172 valence electrons. The minimum Gasteiger partial charge on any atom is -0.497 e. The molecule has 1 fully saturated rings. The van der Waals surface area contributed by atoms with Crippen LogP contribution in [0.15, 0.2) is 24.3 Å². The SMILES string of the molecule is CCN(CC)C(=O)[C@@H](NC(=O)c1cccc(OC)c1)C1CCN(C(=O)CC(C)C)CC1. The number of piperidine rings is 1. The van der Waals surface area contributed by atoms with Gasteiger partial charge in [0, 0.05) is 38.2 Å². The summed E-state index contributed by atoms with van der Waals surface area (Å²) in [6.07, 6.45) is 1.93. The lowest BCUT2D eigenvalue weighted by molar-refractivity contribution is -0.136. The van der Waals surface area contributed by atoms with Crippen molar-refractivity contribution in [1.82, 2.24) is 15.1 Å². The molecule has 0 radical (unpaired) electrons. The normalized spacial score (nSPS) is 15.5. The first kappa shape index (κ1) is 24.7. The third kappa shape index (κ3) is 6.71. The molecule has 0 spiro atoms. The van der Waals surface area contributed by atoms with Crippen molar-refractivity contribution < 1.29 is 19.1 Å². The summed E-state index contributed by atoms with van der Waals surface area (Å²) in [5.74, 6) is 0.725. The molecule has 0 saturated carbocycles. The van der Waals surface area contributed by atoms with E-state index in [9.17, 15) is 14.4 Å². The van der Waals surface area contributed by atoms with Crippen LogP contribution in [-0.4, -0.2) is 66.9 Å². The first-order valence-electron chi connectivity index (χ1n) is 11.3. The first-order chi connectivity index (χ1) is 14.8. The average molecular weight is 432 g/mol. The number of nitrogens with one attached hydrogen (secondary N) is 1. The Morgan fingerprint density at radius 2 is 1.81 bits per heavy atom. The number of likely N-dealkylation sites (N-methyl/N-ethyl adjacent to an activating group) is 1. The van der Waals surface area contributed by atoms with Crippen LogP contribution in [0.1, 0.15) is 57.3 Å². The summed E-state index contributed by atoms with van der Waals surface area (Å²) in [6.45, 7) is 10.4. The van der Waals surface area contributed by atoms with E-state index in [1.807, 2.05) is 32.6 Å². The minimum atomic E-state index is -0.610. The molecule has 3 amide bonds. The molecule has 1 aromatic rings. The number of nitrogens with zero attached hydrogens (tertiary/aromatic N) is 2. The Kier molecular flexibility index (Phi) is 9.34. The second-order valence-electron chi connectivity index (χ2n) is 8.51. The van der Waals surface area contributed by atoms with Crippen molar-refractivity contribution in [3.05, 3.63) is 29.8 Å². The highest BCUT2D eigenvalue weighted by molar-refractivity contribution is 5.98. The van der Waals surface area contributed by atoms with Gasteiger partial charge in [-0.2, -0.15) is 0 Å². The van der Waals surface area contributed by atoms with E-state index in [2.05, 4.69) is 5.32 Å². The van der Waals surface area contributed by atoms with Gasteiger partial charge in [0.1, 0.15) is 11.8 Å². The van der Waals surface area contributed by atoms with Crippen molar-refractivity contribution in [3.63, 3.8) is 0 Å². The number of carbonyl (C=O) groups is 3. The minimum absolute atomic E-state index is 0.00856. The molecule has 1 atom stereocenters. The number of amides is 3. The van der Waals surface area contributed by atoms with E-state index >= 15 is 0 Å². The van der Waals surface area contributed by atoms with Crippen molar-refractivity contribution in [2.75, 3.05) is 33.3 Å². The Labute approximate surface area is 186 Å². The van der Waals surface area contributed by atoms with Crippen molar-refractivity contribution in [1.29, 1.82) is 0 Å². The second-order valence-corrected chi connectivity index (χ2v) is 8.51. The van der Waals surface area contributed by atoms with Gasteiger partial charge in [-0.3, -0.25) is 14.4 Å². The number of hydrogen-bond donors (Lipinski definition) is 1. The highest BCUT2D eigenvalue weighted by atomic mass is 16.5. The Bertz CT molecular complexity index is 753. The summed E-state index contributed by atoms with van der Waals surface area (Å²) in [6, 6.07) is 6.30. The smallest absolute Gasteiger partial charge is 0.252 e. The predicted molar refractivity (Wildman–Crippen MR) is 121 cm³/mol. The number of hydrogen-bond acceptors (Lipinski definition) is 4. The van der Waals surface area contributed by atoms with E-state index in [-0.39, 0.29) is 23.6 Å². The molecule has 1 N–H and O–H groups in total. The highest BCUT2D eigenvalue weighted by Gasteiger charge is 2.35. The number of ether oxygens (including phenoxy) is 1. The lowest BCUT2D eigenvalue weighted by Gasteiger charge is -2.37. The van der Waals surface area contributed by atoms with Crippen molar-refractivity contribution >= 4 is 17.7 Å². The molecule has 2 rings (SSSR count). The van der Waals surface area contributed by atoms with Gasteiger partial charge < -0.3 is 19.9 Å². The molecule has 1 saturated heterocycles. The van der Waals surface area contributed by atoms with Gasteiger partial charge in [-0.15, -0.1) is 0 Å². The van der Waals surface area contributed by atoms with Crippen LogP contribution in [0, 0.1) is 11.8 Å². The average Bonchev–Trinajstić information content (AvgIpc) is 2.77. The largest absolute Gasteiger partial charge is 0.497 e. The predicted octanol–water partition coefficient (Wildman–Crippen LogP) is 2.95. The Morgan fingerprint density at radius 1 is 1.16 bits per heavy atom. The maximum absolute atomic E-state index is 13.3. The van der Waals surface area contributed by atoms with Gasteiger partial charge in [0.05, 0.1) is 7.11 Å². The molecular formula is C24H37N3O4. The Balaban J connectivity index is 2.15. The fourth-order valence-electron chi connectivity index (χ4n) is 4.06. The van der Waals surface area contributed by atoms with Crippen LogP contribution in [-0.2, 0) is 9.59 Å². The molecule has 0 unspecified atom stereocenters. The lowest BCUT2D eigenvalue weighted by Crippen LogP contribution is -2.54. The summed E-state index contributed by atoms with van der Waals surface area (Å²) >= 11 is 0. The van der Waals surface area contributed by atoms with Crippen LogP contribution in [0.4, 0.5) is 0 Å². The van der Waals surface area contributed by atoms with Crippen LogP contribution >= 0.6 is 0 Å².